The van der Waals surface area contributed by atoms with Gasteiger partial charge in [-0.05, 0) is 30.6 Å². The van der Waals surface area contributed by atoms with E-state index in [9.17, 15) is 4.39 Å². The van der Waals surface area contributed by atoms with Gasteiger partial charge >= 0.3 is 0 Å². The molecule has 1 aliphatic heterocycles. The van der Waals surface area contributed by atoms with Crippen LogP contribution in [-0.4, -0.2) is 39.5 Å². The third kappa shape index (κ3) is 2.45. The number of rotatable bonds is 5. The van der Waals surface area contributed by atoms with E-state index < -0.39 is 0 Å². The summed E-state index contributed by atoms with van der Waals surface area (Å²) in [5.74, 6) is 3.67. The van der Waals surface area contributed by atoms with Gasteiger partial charge in [0.25, 0.3) is 0 Å². The number of thiazole rings is 1. The van der Waals surface area contributed by atoms with Crippen LogP contribution in [0.5, 0.6) is 0 Å². The Morgan fingerprint density at radius 2 is 2.04 bits per heavy atom. The second kappa shape index (κ2) is 5.54. The highest BCUT2D eigenvalue weighted by atomic mass is 32.1. The average Bonchev–Trinajstić information content (AvgIpc) is 2.94. The van der Waals surface area contributed by atoms with Crippen LogP contribution in [0.4, 0.5) is 10.3 Å². The van der Waals surface area contributed by atoms with Crippen molar-refractivity contribution in [3.8, 4) is 10.7 Å². The summed E-state index contributed by atoms with van der Waals surface area (Å²) in [6.45, 7) is 8.95. The highest BCUT2D eigenvalue weighted by Gasteiger charge is 2.56. The molecule has 7 heteroatoms. The van der Waals surface area contributed by atoms with Crippen LogP contribution in [0.3, 0.4) is 0 Å². The zero-order valence-electron chi connectivity index (χ0n) is 13.7. The largest absolute Gasteiger partial charge is 0.340 e. The maximum atomic E-state index is 12.9. The Hall–Kier alpha value is -1.50. The molecule has 0 N–H and O–H groups in total. The summed E-state index contributed by atoms with van der Waals surface area (Å²) in [6, 6.07) is 0. The number of fused-ring (bicyclic) bond motifs is 1. The lowest BCUT2D eigenvalue weighted by atomic mass is 10.2. The number of aryl methyl sites for hydroxylation is 1. The molecule has 1 saturated carbocycles. The molecule has 1 saturated heterocycles. The lowest BCUT2D eigenvalue weighted by molar-refractivity contribution is 0.419. The Morgan fingerprint density at radius 3 is 2.61 bits per heavy atom. The van der Waals surface area contributed by atoms with E-state index in [1.807, 2.05) is 12.4 Å². The molecule has 0 aromatic carbocycles. The molecule has 2 aliphatic rings. The van der Waals surface area contributed by atoms with E-state index in [-0.39, 0.29) is 12.6 Å². The first kappa shape index (κ1) is 15.1. The zero-order chi connectivity index (χ0) is 16.1. The fourth-order valence-electron chi connectivity index (χ4n) is 3.79. The molecule has 3 heterocycles. The number of hydrogen-bond donors (Lipinski definition) is 0. The molecule has 1 aliphatic carbocycles. The number of halogens is 1. The second-order valence-corrected chi connectivity index (χ2v) is 8.00. The molecule has 4 rings (SSSR count). The standard InChI is InChI=1S/C16H22FN5S/c1-9(2)5-22-15(14-10(3)18-8-23-14)19-20-16(22)21-6-12-11(4-17)13(12)7-21/h8-9,11-13H,4-7H2,1-3H3/t11?,12-,13+. The van der Waals surface area contributed by atoms with Crippen LogP contribution in [0.2, 0.25) is 0 Å². The molecule has 0 spiro atoms. The van der Waals surface area contributed by atoms with Gasteiger partial charge in [-0.1, -0.05) is 13.8 Å². The van der Waals surface area contributed by atoms with Gasteiger partial charge in [-0.25, -0.2) is 4.98 Å². The van der Waals surface area contributed by atoms with Gasteiger partial charge in [-0.3, -0.25) is 8.96 Å². The topological polar surface area (TPSA) is 46.8 Å². The Kier molecular flexibility index (Phi) is 3.63. The minimum Gasteiger partial charge on any atom is -0.340 e. The van der Waals surface area contributed by atoms with Crippen LogP contribution in [0.15, 0.2) is 5.51 Å². The Bertz CT molecular complexity index is 697. The molecule has 2 aromatic heterocycles. The van der Waals surface area contributed by atoms with Crippen molar-refractivity contribution in [1.29, 1.82) is 0 Å². The first-order valence-corrected chi connectivity index (χ1v) is 9.12. The van der Waals surface area contributed by atoms with Crippen molar-refractivity contribution in [3.05, 3.63) is 11.2 Å². The normalized spacial score (nSPS) is 26.1. The van der Waals surface area contributed by atoms with Gasteiger partial charge in [0.05, 0.1) is 22.8 Å². The lowest BCUT2D eigenvalue weighted by Crippen LogP contribution is -2.28. The first-order valence-electron chi connectivity index (χ1n) is 8.24. The van der Waals surface area contributed by atoms with Crippen LogP contribution in [-0.2, 0) is 6.54 Å². The molecular weight excluding hydrogens is 313 g/mol. The summed E-state index contributed by atoms with van der Waals surface area (Å²) in [6.07, 6.45) is 0. The highest BCUT2D eigenvalue weighted by molar-refractivity contribution is 7.13. The Morgan fingerprint density at radius 1 is 1.30 bits per heavy atom. The van der Waals surface area contributed by atoms with E-state index in [1.165, 1.54) is 0 Å². The van der Waals surface area contributed by atoms with Gasteiger partial charge in [0.1, 0.15) is 0 Å². The fraction of sp³-hybridized carbons (Fsp3) is 0.688. The molecule has 2 fully saturated rings. The Balaban J connectivity index is 1.65. The zero-order valence-corrected chi connectivity index (χ0v) is 14.6. The van der Waals surface area contributed by atoms with Gasteiger partial charge in [0.15, 0.2) is 5.82 Å². The van der Waals surface area contributed by atoms with E-state index in [1.54, 1.807) is 11.3 Å². The molecular formula is C16H22FN5S. The number of alkyl halides is 1. The van der Waals surface area contributed by atoms with Crippen LogP contribution in [0, 0.1) is 30.6 Å². The SMILES string of the molecule is Cc1ncsc1-c1nnc(N2C[C@@H]3C(CF)[C@@H]3C2)n1CC(C)C. The van der Waals surface area contributed by atoms with E-state index in [2.05, 4.69) is 38.5 Å². The van der Waals surface area contributed by atoms with E-state index in [0.29, 0.717) is 17.8 Å². The van der Waals surface area contributed by atoms with Crippen LogP contribution in [0.25, 0.3) is 10.7 Å². The molecule has 3 atom stereocenters. The third-order valence-corrected chi connectivity index (χ3v) is 5.98. The molecule has 124 valence electrons. The summed E-state index contributed by atoms with van der Waals surface area (Å²) in [5.41, 5.74) is 2.86. The molecule has 2 aromatic rings. The van der Waals surface area contributed by atoms with Crippen molar-refractivity contribution in [2.24, 2.45) is 23.7 Å². The van der Waals surface area contributed by atoms with Gasteiger partial charge < -0.3 is 4.90 Å². The highest BCUT2D eigenvalue weighted by Crippen LogP contribution is 2.52. The number of nitrogens with zero attached hydrogens (tertiary/aromatic N) is 5. The number of hydrogen-bond acceptors (Lipinski definition) is 5. The van der Waals surface area contributed by atoms with Crippen molar-refractivity contribution >= 4 is 17.3 Å². The van der Waals surface area contributed by atoms with Gasteiger partial charge in [0, 0.05) is 19.6 Å². The number of piperidine rings is 1. The first-order chi connectivity index (χ1) is 11.1. The second-order valence-electron chi connectivity index (χ2n) is 7.15. The average molecular weight is 335 g/mol. The van der Waals surface area contributed by atoms with Crippen LogP contribution in [0.1, 0.15) is 19.5 Å². The predicted molar refractivity (Wildman–Crippen MR) is 89.4 cm³/mol. The maximum absolute atomic E-state index is 12.9. The summed E-state index contributed by atoms with van der Waals surface area (Å²) in [5, 5.41) is 8.94. The maximum Gasteiger partial charge on any atom is 0.227 e. The van der Waals surface area contributed by atoms with Gasteiger partial charge in [-0.15, -0.1) is 21.5 Å². The molecule has 0 radical (unpaired) electrons. The molecule has 1 unspecified atom stereocenters. The summed E-state index contributed by atoms with van der Waals surface area (Å²) >= 11 is 1.61. The smallest absolute Gasteiger partial charge is 0.227 e. The number of anilines is 1. The van der Waals surface area contributed by atoms with Gasteiger partial charge in [-0.2, -0.15) is 0 Å². The number of aromatic nitrogens is 4. The van der Waals surface area contributed by atoms with Crippen LogP contribution < -0.4 is 4.90 Å². The molecule has 23 heavy (non-hydrogen) atoms. The van der Waals surface area contributed by atoms with Gasteiger partial charge in [0.2, 0.25) is 5.95 Å². The summed E-state index contributed by atoms with van der Waals surface area (Å²) < 4.78 is 15.1. The molecule has 5 nitrogen and oxygen atoms in total. The molecule has 0 bridgehead atoms. The minimum absolute atomic E-state index is 0.173. The summed E-state index contributed by atoms with van der Waals surface area (Å²) in [7, 11) is 0. The monoisotopic (exact) mass is 335 g/mol. The van der Waals surface area contributed by atoms with E-state index in [4.69, 9.17) is 0 Å². The quantitative estimate of drug-likeness (QED) is 0.843. The van der Waals surface area contributed by atoms with Crippen molar-refractivity contribution in [1.82, 2.24) is 19.7 Å². The summed E-state index contributed by atoms with van der Waals surface area (Å²) in [4.78, 5) is 7.72. The van der Waals surface area contributed by atoms with E-state index >= 15 is 0 Å². The fourth-order valence-corrected chi connectivity index (χ4v) is 4.58. The van der Waals surface area contributed by atoms with Crippen LogP contribution >= 0.6 is 11.3 Å². The lowest BCUT2D eigenvalue weighted by Gasteiger charge is -2.22. The molecule has 0 amide bonds. The van der Waals surface area contributed by atoms with Crippen molar-refractivity contribution in [2.75, 3.05) is 24.7 Å². The minimum atomic E-state index is -0.173. The predicted octanol–water partition coefficient (Wildman–Crippen LogP) is 3.02. The third-order valence-electron chi connectivity index (χ3n) is 5.06. The van der Waals surface area contributed by atoms with Crippen molar-refractivity contribution in [2.45, 2.75) is 27.3 Å². The van der Waals surface area contributed by atoms with E-state index in [0.717, 1.165) is 42.0 Å². The van der Waals surface area contributed by atoms with Crippen molar-refractivity contribution in [3.63, 3.8) is 0 Å². The Labute approximate surface area is 139 Å². The van der Waals surface area contributed by atoms with Crippen molar-refractivity contribution < 1.29 is 4.39 Å².